The van der Waals surface area contributed by atoms with Crippen molar-refractivity contribution < 1.29 is 13.9 Å². The first-order valence-corrected chi connectivity index (χ1v) is 7.91. The molecule has 1 aliphatic heterocycles. The Bertz CT molecular complexity index is 731. The molecule has 1 aromatic rings. The summed E-state index contributed by atoms with van der Waals surface area (Å²) in [6.45, 7) is 1.18. The van der Waals surface area contributed by atoms with E-state index in [2.05, 4.69) is 16.2 Å². The zero-order chi connectivity index (χ0) is 18.2. The van der Waals surface area contributed by atoms with Crippen LogP contribution in [0.25, 0.3) is 0 Å². The Morgan fingerprint density at radius 3 is 2.64 bits per heavy atom. The van der Waals surface area contributed by atoms with Gasteiger partial charge in [-0.25, -0.2) is 4.39 Å². The van der Waals surface area contributed by atoms with Gasteiger partial charge in [0.25, 0.3) is 5.91 Å². The van der Waals surface area contributed by atoms with Gasteiger partial charge in [0.15, 0.2) is 0 Å². The van der Waals surface area contributed by atoms with Crippen molar-refractivity contribution >= 4 is 11.6 Å². The molecule has 0 atom stereocenters. The molecule has 1 aromatic carbocycles. The van der Waals surface area contributed by atoms with Gasteiger partial charge in [0.1, 0.15) is 17.2 Å². The van der Waals surface area contributed by atoms with Crippen LogP contribution < -0.4 is 16.8 Å². The number of nitrogens with zero attached hydrogens (tertiary/aromatic N) is 1. The van der Waals surface area contributed by atoms with Gasteiger partial charge in [-0.05, 0) is 24.8 Å². The molecule has 7 heteroatoms. The van der Waals surface area contributed by atoms with Gasteiger partial charge in [-0.2, -0.15) is 0 Å². The maximum atomic E-state index is 13.6. The summed E-state index contributed by atoms with van der Waals surface area (Å²) in [5.74, 6) is 1.40. The van der Waals surface area contributed by atoms with E-state index in [1.54, 1.807) is 18.2 Å². The van der Waals surface area contributed by atoms with Gasteiger partial charge >= 0.3 is 0 Å². The number of benzene rings is 1. The maximum Gasteiger partial charge on any atom is 0.269 e. The van der Waals surface area contributed by atoms with Gasteiger partial charge in [-0.3, -0.25) is 9.79 Å². The van der Waals surface area contributed by atoms with Crippen LogP contribution in [-0.2, 0) is 16.1 Å². The Labute approximate surface area is 146 Å². The number of terminal acetylenes is 1. The summed E-state index contributed by atoms with van der Waals surface area (Å²) in [7, 11) is 0. The molecule has 0 bridgehead atoms. The van der Waals surface area contributed by atoms with E-state index in [-0.39, 0.29) is 29.7 Å². The minimum absolute atomic E-state index is 0.00176. The molecule has 1 fully saturated rings. The van der Waals surface area contributed by atoms with E-state index in [4.69, 9.17) is 22.6 Å². The second kappa shape index (κ2) is 8.85. The molecule has 1 aliphatic rings. The van der Waals surface area contributed by atoms with Crippen molar-refractivity contribution in [3.63, 3.8) is 0 Å². The third-order valence-corrected chi connectivity index (χ3v) is 3.85. The fourth-order valence-corrected chi connectivity index (χ4v) is 2.35. The predicted molar refractivity (Wildman–Crippen MR) is 93.8 cm³/mol. The van der Waals surface area contributed by atoms with Gasteiger partial charge < -0.3 is 21.5 Å². The van der Waals surface area contributed by atoms with Gasteiger partial charge in [0, 0.05) is 24.8 Å². The van der Waals surface area contributed by atoms with Crippen LogP contribution in [0.15, 0.2) is 40.7 Å². The van der Waals surface area contributed by atoms with Crippen molar-refractivity contribution in [3.8, 4) is 12.3 Å². The van der Waals surface area contributed by atoms with E-state index < -0.39 is 11.7 Å². The number of rotatable bonds is 5. The summed E-state index contributed by atoms with van der Waals surface area (Å²) in [5, 5.41) is 2.80. The molecule has 0 aromatic heterocycles. The van der Waals surface area contributed by atoms with Gasteiger partial charge in [0.2, 0.25) is 0 Å². The van der Waals surface area contributed by atoms with E-state index in [1.807, 2.05) is 0 Å². The van der Waals surface area contributed by atoms with Crippen LogP contribution in [0.5, 0.6) is 0 Å². The Kier molecular flexibility index (Phi) is 6.54. The van der Waals surface area contributed by atoms with E-state index >= 15 is 0 Å². The lowest BCUT2D eigenvalue weighted by Gasteiger charge is -2.23. The van der Waals surface area contributed by atoms with E-state index in [1.165, 1.54) is 6.07 Å². The summed E-state index contributed by atoms with van der Waals surface area (Å²) in [4.78, 5) is 16.3. The Balaban J connectivity index is 2.10. The number of hydrogen-bond donors (Lipinski definition) is 3. The smallest absolute Gasteiger partial charge is 0.269 e. The van der Waals surface area contributed by atoms with Crippen LogP contribution in [0.1, 0.15) is 18.4 Å². The first kappa shape index (κ1) is 18.5. The first-order chi connectivity index (χ1) is 12.0. The molecular formula is C18H21FN4O2. The standard InChI is InChI=1S/C18H21FN4O2/c1-2-15(22-11-12-5-3-4-6-14(12)19)16(20)17(21)18(24)23-13-7-9-25-10-8-13/h1,3-6,13H,7-11,20-21H2,(H,23,24)/b17-16+,22-15?. The molecule has 0 spiro atoms. The average molecular weight is 344 g/mol. The van der Waals surface area contributed by atoms with Crippen LogP contribution in [-0.4, -0.2) is 30.9 Å². The molecule has 0 unspecified atom stereocenters. The van der Waals surface area contributed by atoms with Crippen molar-refractivity contribution in [3.05, 3.63) is 47.0 Å². The highest BCUT2D eigenvalue weighted by Crippen LogP contribution is 2.09. The Hall–Kier alpha value is -2.85. The highest BCUT2D eigenvalue weighted by Gasteiger charge is 2.19. The zero-order valence-electron chi connectivity index (χ0n) is 13.8. The maximum absolute atomic E-state index is 13.6. The number of carbonyl (C=O) groups is 1. The van der Waals surface area contributed by atoms with Crippen molar-refractivity contribution in [2.45, 2.75) is 25.4 Å². The molecule has 25 heavy (non-hydrogen) atoms. The van der Waals surface area contributed by atoms with E-state index in [9.17, 15) is 9.18 Å². The summed E-state index contributed by atoms with van der Waals surface area (Å²) < 4.78 is 18.9. The number of nitrogens with two attached hydrogens (primary N) is 2. The van der Waals surface area contributed by atoms with Crippen molar-refractivity contribution in [1.29, 1.82) is 0 Å². The SMILES string of the molecule is C#CC(=NCc1ccccc1F)/C(N)=C(\N)C(=O)NC1CCOCC1. The number of hydrogen-bond acceptors (Lipinski definition) is 5. The number of ether oxygens (including phenoxy) is 1. The summed E-state index contributed by atoms with van der Waals surface area (Å²) in [6.07, 6.45) is 6.83. The van der Waals surface area contributed by atoms with Crippen LogP contribution in [0, 0.1) is 18.2 Å². The van der Waals surface area contributed by atoms with E-state index in [0.717, 1.165) is 0 Å². The monoisotopic (exact) mass is 344 g/mol. The fourth-order valence-electron chi connectivity index (χ4n) is 2.35. The second-order valence-corrected chi connectivity index (χ2v) is 5.59. The highest BCUT2D eigenvalue weighted by atomic mass is 19.1. The molecule has 1 heterocycles. The van der Waals surface area contributed by atoms with Crippen molar-refractivity contribution in [1.82, 2.24) is 5.32 Å². The van der Waals surface area contributed by atoms with Crippen molar-refractivity contribution in [2.75, 3.05) is 13.2 Å². The Morgan fingerprint density at radius 2 is 2.00 bits per heavy atom. The minimum atomic E-state index is -0.502. The van der Waals surface area contributed by atoms with Gasteiger partial charge in [0.05, 0.1) is 12.2 Å². The third kappa shape index (κ3) is 5.06. The number of carbonyl (C=O) groups excluding carboxylic acids is 1. The normalized spacial score (nSPS) is 16.7. The largest absolute Gasteiger partial charge is 0.395 e. The van der Waals surface area contributed by atoms with Crippen LogP contribution in [0.3, 0.4) is 0 Å². The number of allylic oxidation sites excluding steroid dienone is 1. The summed E-state index contributed by atoms with van der Waals surface area (Å²) in [6, 6.07) is 6.18. The Morgan fingerprint density at radius 1 is 1.32 bits per heavy atom. The number of aliphatic imine (C=N–C) groups is 1. The minimum Gasteiger partial charge on any atom is -0.395 e. The van der Waals surface area contributed by atoms with Gasteiger partial charge in [-0.1, -0.05) is 18.2 Å². The lowest BCUT2D eigenvalue weighted by molar-refractivity contribution is -0.118. The van der Waals surface area contributed by atoms with Crippen LogP contribution in [0.2, 0.25) is 0 Å². The third-order valence-electron chi connectivity index (χ3n) is 3.85. The molecular weight excluding hydrogens is 323 g/mol. The number of halogens is 1. The topological polar surface area (TPSA) is 103 Å². The van der Waals surface area contributed by atoms with Gasteiger partial charge in [-0.15, -0.1) is 6.42 Å². The van der Waals surface area contributed by atoms with E-state index in [0.29, 0.717) is 31.6 Å². The molecule has 1 saturated heterocycles. The van der Waals surface area contributed by atoms with Crippen LogP contribution >= 0.6 is 0 Å². The summed E-state index contributed by atoms with van der Waals surface area (Å²) in [5.41, 5.74) is 11.8. The predicted octanol–water partition coefficient (Wildman–Crippen LogP) is 0.824. The number of amides is 1. The fraction of sp³-hybridized carbons (Fsp3) is 0.333. The van der Waals surface area contributed by atoms with Crippen molar-refractivity contribution in [2.24, 2.45) is 16.5 Å². The highest BCUT2D eigenvalue weighted by molar-refractivity contribution is 6.15. The molecule has 0 radical (unpaired) electrons. The van der Waals surface area contributed by atoms with Crippen LogP contribution in [0.4, 0.5) is 4.39 Å². The molecule has 0 aliphatic carbocycles. The molecule has 0 saturated carbocycles. The molecule has 1 amide bonds. The quantitative estimate of drug-likeness (QED) is 0.418. The average Bonchev–Trinajstić information content (AvgIpc) is 2.63. The molecule has 5 N–H and O–H groups in total. The zero-order valence-corrected chi connectivity index (χ0v) is 13.8. The first-order valence-electron chi connectivity index (χ1n) is 7.91. The lowest BCUT2D eigenvalue weighted by atomic mass is 10.1. The lowest BCUT2D eigenvalue weighted by Crippen LogP contribution is -2.42. The molecule has 132 valence electrons. The molecule has 2 rings (SSSR count). The second-order valence-electron chi connectivity index (χ2n) is 5.59. The molecule has 6 nitrogen and oxygen atoms in total. The number of nitrogens with one attached hydrogen (secondary N) is 1. The summed E-state index contributed by atoms with van der Waals surface area (Å²) >= 11 is 0.